The number of sulfone groups is 1. The molecule has 142 valence electrons. The van der Waals surface area contributed by atoms with Gasteiger partial charge < -0.3 is 15.4 Å². The Labute approximate surface area is 153 Å². The minimum Gasteiger partial charge on any atom is -0.482 e. The highest BCUT2D eigenvalue weighted by Gasteiger charge is 2.22. The van der Waals surface area contributed by atoms with Crippen molar-refractivity contribution in [2.45, 2.75) is 55.9 Å². The van der Waals surface area contributed by atoms with Gasteiger partial charge in [-0.2, -0.15) is 0 Å². The maximum absolute atomic E-state index is 12.5. The zero-order chi connectivity index (χ0) is 18.6. The van der Waals surface area contributed by atoms with Gasteiger partial charge >= 0.3 is 0 Å². The summed E-state index contributed by atoms with van der Waals surface area (Å²) in [5, 5.41) is 5.55. The number of benzene rings is 1. The molecule has 1 aromatic rings. The van der Waals surface area contributed by atoms with Crippen LogP contribution in [0.5, 0.6) is 5.75 Å². The number of anilines is 1. The van der Waals surface area contributed by atoms with Crippen LogP contribution in [0.3, 0.4) is 0 Å². The lowest BCUT2D eigenvalue weighted by atomic mass is 10.1. The quantitative estimate of drug-likeness (QED) is 0.761. The van der Waals surface area contributed by atoms with Crippen molar-refractivity contribution in [2.75, 3.05) is 17.7 Å². The van der Waals surface area contributed by atoms with E-state index in [4.69, 9.17) is 4.74 Å². The molecule has 1 fully saturated rings. The molecule has 2 amide bonds. The Hall–Kier alpha value is -2.09. The van der Waals surface area contributed by atoms with Crippen molar-refractivity contribution in [2.24, 2.45) is 0 Å². The van der Waals surface area contributed by atoms with Gasteiger partial charge in [0.1, 0.15) is 5.75 Å². The van der Waals surface area contributed by atoms with Gasteiger partial charge in [0.05, 0.1) is 16.3 Å². The normalized spacial score (nSPS) is 18.2. The first kappa shape index (κ1) is 18.7. The summed E-state index contributed by atoms with van der Waals surface area (Å²) in [6.07, 6.45) is 6.45. The number of nitrogens with one attached hydrogen (secondary N) is 2. The highest BCUT2D eigenvalue weighted by Crippen LogP contribution is 2.30. The number of rotatable bonds is 5. The van der Waals surface area contributed by atoms with Gasteiger partial charge in [-0.15, -0.1) is 0 Å². The van der Waals surface area contributed by atoms with Crippen LogP contribution in [0, 0.1) is 0 Å². The highest BCUT2D eigenvalue weighted by atomic mass is 32.2. The van der Waals surface area contributed by atoms with E-state index in [1.807, 2.05) is 0 Å². The zero-order valence-electron chi connectivity index (χ0n) is 14.6. The molecule has 0 radical (unpaired) electrons. The summed E-state index contributed by atoms with van der Waals surface area (Å²) in [6, 6.07) is 4.50. The fourth-order valence-electron chi connectivity index (χ4n) is 3.32. The third-order valence-electron chi connectivity index (χ3n) is 4.76. The lowest BCUT2D eigenvalue weighted by Crippen LogP contribution is -2.35. The zero-order valence-corrected chi connectivity index (χ0v) is 15.4. The van der Waals surface area contributed by atoms with Gasteiger partial charge in [0.15, 0.2) is 16.4 Å². The van der Waals surface area contributed by atoms with Gasteiger partial charge in [-0.05, 0) is 31.0 Å². The molecule has 26 heavy (non-hydrogen) atoms. The molecule has 1 aliphatic carbocycles. The number of ether oxygens (including phenoxy) is 1. The van der Waals surface area contributed by atoms with E-state index in [9.17, 15) is 18.0 Å². The average molecular weight is 380 g/mol. The van der Waals surface area contributed by atoms with Crippen molar-refractivity contribution < 1.29 is 22.7 Å². The lowest BCUT2D eigenvalue weighted by Gasteiger charge is -2.18. The second-order valence-electron chi connectivity index (χ2n) is 6.82. The van der Waals surface area contributed by atoms with Crippen LogP contribution in [0.4, 0.5) is 5.69 Å². The number of hydrogen-bond acceptors (Lipinski definition) is 5. The van der Waals surface area contributed by atoms with Crippen LogP contribution in [-0.2, 0) is 19.4 Å². The van der Waals surface area contributed by atoms with Gasteiger partial charge in [0.2, 0.25) is 5.91 Å². The number of carbonyl (C=O) groups is 2. The molecule has 0 unspecified atom stereocenters. The van der Waals surface area contributed by atoms with Crippen molar-refractivity contribution >= 4 is 27.3 Å². The molecule has 0 bridgehead atoms. The van der Waals surface area contributed by atoms with Gasteiger partial charge in [-0.25, -0.2) is 8.42 Å². The standard InChI is InChI=1S/C18H24N2O5S/c21-17(19-13-5-3-1-2-4-6-13)9-10-26(23,24)14-7-8-16-15(11-14)20-18(22)12-25-16/h7-8,11,13H,1-6,9-10,12H2,(H,19,21)(H,20,22). The van der Waals surface area contributed by atoms with Crippen molar-refractivity contribution in [3.05, 3.63) is 18.2 Å². The molecule has 3 rings (SSSR count). The summed E-state index contributed by atoms with van der Waals surface area (Å²) >= 11 is 0. The minimum atomic E-state index is -3.62. The second kappa shape index (κ2) is 8.07. The van der Waals surface area contributed by atoms with E-state index in [1.165, 1.54) is 31.0 Å². The fourth-order valence-corrected chi connectivity index (χ4v) is 4.59. The predicted octanol–water partition coefficient (Wildman–Crippen LogP) is 2.02. The average Bonchev–Trinajstić information content (AvgIpc) is 2.88. The van der Waals surface area contributed by atoms with Crippen LogP contribution in [0.15, 0.2) is 23.1 Å². The number of hydrogen-bond donors (Lipinski definition) is 2. The number of fused-ring (bicyclic) bond motifs is 1. The second-order valence-corrected chi connectivity index (χ2v) is 8.93. The molecule has 2 N–H and O–H groups in total. The summed E-state index contributed by atoms with van der Waals surface area (Å²) in [5.41, 5.74) is 0.338. The monoisotopic (exact) mass is 380 g/mol. The van der Waals surface area contributed by atoms with Crippen LogP contribution < -0.4 is 15.4 Å². The number of carbonyl (C=O) groups excluding carboxylic acids is 2. The van der Waals surface area contributed by atoms with Crippen LogP contribution in [-0.4, -0.2) is 38.6 Å². The van der Waals surface area contributed by atoms with Crippen LogP contribution in [0.1, 0.15) is 44.9 Å². The Bertz CT molecular complexity index is 783. The molecule has 0 aromatic heterocycles. The third kappa shape index (κ3) is 4.75. The van der Waals surface area contributed by atoms with E-state index < -0.39 is 9.84 Å². The summed E-state index contributed by atoms with van der Waals surface area (Å²) in [5.74, 6) is -0.376. The smallest absolute Gasteiger partial charge is 0.262 e. The van der Waals surface area contributed by atoms with Gasteiger partial charge in [-0.3, -0.25) is 9.59 Å². The van der Waals surface area contributed by atoms with E-state index in [2.05, 4.69) is 10.6 Å². The van der Waals surface area contributed by atoms with Crippen molar-refractivity contribution in [3.63, 3.8) is 0 Å². The predicted molar refractivity (Wildman–Crippen MR) is 96.9 cm³/mol. The maximum atomic E-state index is 12.5. The Morgan fingerprint density at radius 1 is 1.19 bits per heavy atom. The summed E-state index contributed by atoms with van der Waals surface area (Å²) < 4.78 is 30.3. The molecule has 7 nitrogen and oxygen atoms in total. The first-order valence-electron chi connectivity index (χ1n) is 9.03. The Kier molecular flexibility index (Phi) is 5.80. The maximum Gasteiger partial charge on any atom is 0.262 e. The van der Waals surface area contributed by atoms with E-state index in [0.717, 1.165) is 25.7 Å². The van der Waals surface area contributed by atoms with Crippen LogP contribution >= 0.6 is 0 Å². The molecule has 1 aromatic carbocycles. The Morgan fingerprint density at radius 2 is 1.92 bits per heavy atom. The highest BCUT2D eigenvalue weighted by molar-refractivity contribution is 7.91. The van der Waals surface area contributed by atoms with Crippen molar-refractivity contribution in [3.8, 4) is 5.75 Å². The molecule has 1 heterocycles. The summed E-state index contributed by atoms with van der Waals surface area (Å²) in [7, 11) is -3.62. The molecule has 0 atom stereocenters. The Balaban J connectivity index is 1.59. The van der Waals surface area contributed by atoms with Crippen LogP contribution in [0.25, 0.3) is 0 Å². The summed E-state index contributed by atoms with van der Waals surface area (Å²) in [6.45, 7) is -0.0829. The van der Waals surface area contributed by atoms with E-state index >= 15 is 0 Å². The molecule has 0 saturated heterocycles. The van der Waals surface area contributed by atoms with E-state index in [0.29, 0.717) is 11.4 Å². The third-order valence-corrected chi connectivity index (χ3v) is 6.47. The molecular formula is C18H24N2O5S. The van der Waals surface area contributed by atoms with E-state index in [-0.39, 0.29) is 41.5 Å². The molecule has 8 heteroatoms. The first-order chi connectivity index (χ1) is 12.4. The molecule has 2 aliphatic rings. The van der Waals surface area contributed by atoms with Crippen LogP contribution in [0.2, 0.25) is 0 Å². The SMILES string of the molecule is O=C1COc2ccc(S(=O)(=O)CCC(=O)NC3CCCCCC3)cc2N1. The van der Waals surface area contributed by atoms with Crippen molar-refractivity contribution in [1.82, 2.24) is 5.32 Å². The van der Waals surface area contributed by atoms with E-state index in [1.54, 1.807) is 0 Å². The molecular weight excluding hydrogens is 356 g/mol. The first-order valence-corrected chi connectivity index (χ1v) is 10.7. The van der Waals surface area contributed by atoms with Gasteiger partial charge in [0.25, 0.3) is 5.91 Å². The lowest BCUT2D eigenvalue weighted by molar-refractivity contribution is -0.121. The summed E-state index contributed by atoms with van der Waals surface area (Å²) in [4.78, 5) is 23.6. The molecule has 1 saturated carbocycles. The minimum absolute atomic E-state index is 0.0707. The van der Waals surface area contributed by atoms with Crippen molar-refractivity contribution in [1.29, 1.82) is 0 Å². The number of amides is 2. The largest absolute Gasteiger partial charge is 0.482 e. The fraction of sp³-hybridized carbons (Fsp3) is 0.556. The van der Waals surface area contributed by atoms with Gasteiger partial charge in [-0.1, -0.05) is 25.7 Å². The molecule has 1 aliphatic heterocycles. The topological polar surface area (TPSA) is 102 Å². The van der Waals surface area contributed by atoms with Gasteiger partial charge in [0, 0.05) is 12.5 Å². The Morgan fingerprint density at radius 3 is 2.65 bits per heavy atom. The molecule has 0 spiro atoms.